The lowest BCUT2D eigenvalue weighted by Crippen LogP contribution is -2.64. The maximum absolute atomic E-state index is 12.5. The third-order valence-corrected chi connectivity index (χ3v) is 4.49. The molecule has 0 aromatic heterocycles. The molecular formula is C13H24N4O3. The molecule has 2 aliphatic rings. The van der Waals surface area contributed by atoms with Gasteiger partial charge >= 0.3 is 0 Å². The lowest BCUT2D eigenvalue weighted by molar-refractivity contribution is -0.141. The Kier molecular flexibility index (Phi) is 4.19. The first kappa shape index (κ1) is 15.1. The number of amides is 1. The summed E-state index contributed by atoms with van der Waals surface area (Å²) in [7, 11) is 2.01. The minimum atomic E-state index is -0.800. The van der Waals surface area contributed by atoms with Gasteiger partial charge in [0.15, 0.2) is 5.84 Å². The van der Waals surface area contributed by atoms with E-state index in [-0.39, 0.29) is 11.7 Å². The lowest BCUT2D eigenvalue weighted by Gasteiger charge is -2.41. The fraction of sp³-hybridized carbons (Fsp3) is 0.846. The van der Waals surface area contributed by atoms with Crippen LogP contribution in [0.3, 0.4) is 0 Å². The molecule has 2 saturated heterocycles. The van der Waals surface area contributed by atoms with Crippen molar-refractivity contribution in [2.75, 3.05) is 26.7 Å². The second kappa shape index (κ2) is 5.57. The van der Waals surface area contributed by atoms with Crippen LogP contribution in [0.5, 0.6) is 0 Å². The first-order valence-electron chi connectivity index (χ1n) is 7.05. The Hall–Kier alpha value is -1.34. The van der Waals surface area contributed by atoms with Crippen molar-refractivity contribution in [1.29, 1.82) is 0 Å². The number of rotatable bonds is 3. The number of carbonyl (C=O) groups excluding carboxylic acids is 1. The molecule has 0 aromatic rings. The van der Waals surface area contributed by atoms with Gasteiger partial charge < -0.3 is 25.9 Å². The van der Waals surface area contributed by atoms with E-state index in [0.717, 1.165) is 19.5 Å². The number of oxime groups is 1. The van der Waals surface area contributed by atoms with Gasteiger partial charge in [0.1, 0.15) is 11.1 Å². The average Bonchev–Trinajstić information content (AvgIpc) is 2.89. The van der Waals surface area contributed by atoms with Crippen LogP contribution < -0.4 is 11.1 Å². The van der Waals surface area contributed by atoms with E-state index in [1.165, 1.54) is 0 Å². The van der Waals surface area contributed by atoms with Crippen LogP contribution in [0.4, 0.5) is 0 Å². The minimum absolute atomic E-state index is 0.0700. The van der Waals surface area contributed by atoms with Crippen molar-refractivity contribution < 1.29 is 14.7 Å². The van der Waals surface area contributed by atoms with E-state index in [0.29, 0.717) is 25.9 Å². The molecule has 7 heteroatoms. The molecule has 2 rings (SSSR count). The summed E-state index contributed by atoms with van der Waals surface area (Å²) in [4.78, 5) is 14.7. The maximum atomic E-state index is 12.5. The number of nitrogens with two attached hydrogens (primary N) is 1. The highest BCUT2D eigenvalue weighted by molar-refractivity contribution is 5.96. The second-order valence-corrected chi connectivity index (χ2v) is 6.01. The highest BCUT2D eigenvalue weighted by atomic mass is 16.5. The Labute approximate surface area is 119 Å². The SMILES string of the molecule is CN1CCC(NC(=O)C2(C)CCCO2)(C(N)=NO)CC1. The smallest absolute Gasteiger partial charge is 0.252 e. The molecule has 7 nitrogen and oxygen atoms in total. The van der Waals surface area contributed by atoms with Gasteiger partial charge in [0.05, 0.1) is 0 Å². The van der Waals surface area contributed by atoms with Crippen LogP contribution in [0, 0.1) is 0 Å². The number of hydrogen-bond acceptors (Lipinski definition) is 5. The van der Waals surface area contributed by atoms with E-state index in [9.17, 15) is 4.79 Å². The van der Waals surface area contributed by atoms with Gasteiger partial charge in [-0.25, -0.2) is 0 Å². The van der Waals surface area contributed by atoms with Gasteiger partial charge in [-0.3, -0.25) is 4.79 Å². The number of ether oxygens (including phenoxy) is 1. The Balaban J connectivity index is 2.14. The predicted molar refractivity (Wildman–Crippen MR) is 74.6 cm³/mol. The van der Waals surface area contributed by atoms with Gasteiger partial charge in [0.2, 0.25) is 0 Å². The number of nitrogens with zero attached hydrogens (tertiary/aromatic N) is 2. The van der Waals surface area contributed by atoms with Crippen LogP contribution in [0.15, 0.2) is 5.16 Å². The highest BCUT2D eigenvalue weighted by Crippen LogP contribution is 2.28. The lowest BCUT2D eigenvalue weighted by atomic mass is 9.85. The summed E-state index contributed by atoms with van der Waals surface area (Å²) in [6, 6.07) is 0. The molecule has 4 N–H and O–H groups in total. The van der Waals surface area contributed by atoms with E-state index in [4.69, 9.17) is 15.7 Å². The fourth-order valence-corrected chi connectivity index (χ4v) is 2.85. The molecule has 2 heterocycles. The van der Waals surface area contributed by atoms with Crippen molar-refractivity contribution in [2.45, 2.75) is 43.7 Å². The average molecular weight is 284 g/mol. The molecule has 0 aromatic carbocycles. The Morgan fingerprint density at radius 2 is 2.05 bits per heavy atom. The number of nitrogens with one attached hydrogen (secondary N) is 1. The molecule has 114 valence electrons. The second-order valence-electron chi connectivity index (χ2n) is 6.01. The van der Waals surface area contributed by atoms with E-state index in [1.807, 2.05) is 7.05 Å². The van der Waals surface area contributed by atoms with Crippen LogP contribution in [0.25, 0.3) is 0 Å². The topological polar surface area (TPSA) is 100 Å². The quantitative estimate of drug-likeness (QED) is 0.290. The summed E-state index contributed by atoms with van der Waals surface area (Å²) in [5.41, 5.74) is 4.27. The van der Waals surface area contributed by atoms with E-state index >= 15 is 0 Å². The van der Waals surface area contributed by atoms with Crippen molar-refractivity contribution >= 4 is 11.7 Å². The minimum Gasteiger partial charge on any atom is -0.409 e. The van der Waals surface area contributed by atoms with Gasteiger partial charge in [0, 0.05) is 19.7 Å². The molecule has 1 unspecified atom stereocenters. The summed E-state index contributed by atoms with van der Waals surface area (Å²) >= 11 is 0. The molecule has 2 fully saturated rings. The van der Waals surface area contributed by atoms with Crippen molar-refractivity contribution in [1.82, 2.24) is 10.2 Å². The molecule has 0 bridgehead atoms. The zero-order chi connectivity index (χ0) is 14.8. The first-order chi connectivity index (χ1) is 9.42. The molecule has 0 aliphatic carbocycles. The van der Waals surface area contributed by atoms with Crippen LogP contribution in [0.2, 0.25) is 0 Å². The van der Waals surface area contributed by atoms with E-state index in [1.54, 1.807) is 6.92 Å². The monoisotopic (exact) mass is 284 g/mol. The Morgan fingerprint density at radius 1 is 1.40 bits per heavy atom. The third kappa shape index (κ3) is 2.73. The molecule has 2 aliphatic heterocycles. The Morgan fingerprint density at radius 3 is 2.55 bits per heavy atom. The van der Waals surface area contributed by atoms with Crippen LogP contribution >= 0.6 is 0 Å². The van der Waals surface area contributed by atoms with Crippen LogP contribution in [-0.2, 0) is 9.53 Å². The molecule has 20 heavy (non-hydrogen) atoms. The normalized spacial score (nSPS) is 31.2. The van der Waals surface area contributed by atoms with Crippen molar-refractivity contribution in [2.24, 2.45) is 10.9 Å². The first-order valence-corrected chi connectivity index (χ1v) is 7.05. The van der Waals surface area contributed by atoms with Crippen LogP contribution in [-0.4, -0.2) is 59.7 Å². The van der Waals surface area contributed by atoms with Gasteiger partial charge in [-0.1, -0.05) is 5.16 Å². The fourth-order valence-electron chi connectivity index (χ4n) is 2.85. The summed E-state index contributed by atoms with van der Waals surface area (Å²) < 4.78 is 5.56. The van der Waals surface area contributed by atoms with Crippen molar-refractivity contribution in [3.63, 3.8) is 0 Å². The zero-order valence-electron chi connectivity index (χ0n) is 12.2. The highest BCUT2D eigenvalue weighted by Gasteiger charge is 2.45. The number of carbonyl (C=O) groups is 1. The van der Waals surface area contributed by atoms with E-state index < -0.39 is 11.1 Å². The van der Waals surface area contributed by atoms with Crippen LogP contribution in [0.1, 0.15) is 32.6 Å². The predicted octanol–water partition coefficient (Wildman–Crippen LogP) is -0.117. The molecule has 0 spiro atoms. The number of piperidine rings is 1. The molecular weight excluding hydrogens is 260 g/mol. The summed E-state index contributed by atoms with van der Waals surface area (Å²) in [6.45, 7) is 3.97. The Bertz CT molecular complexity index is 396. The zero-order valence-corrected chi connectivity index (χ0v) is 12.2. The van der Waals surface area contributed by atoms with Gasteiger partial charge in [0.25, 0.3) is 5.91 Å². The number of amidine groups is 1. The van der Waals surface area contributed by atoms with Crippen molar-refractivity contribution in [3.05, 3.63) is 0 Å². The third-order valence-electron chi connectivity index (χ3n) is 4.49. The molecule has 0 saturated carbocycles. The van der Waals surface area contributed by atoms with Gasteiger partial charge in [-0.2, -0.15) is 0 Å². The van der Waals surface area contributed by atoms with E-state index in [2.05, 4.69) is 15.4 Å². The summed E-state index contributed by atoms with van der Waals surface area (Å²) in [5, 5.41) is 15.1. The standard InChI is InChI=1S/C13H24N4O3/c1-12(4-3-9-20-12)11(18)15-13(10(14)16-19)5-7-17(2)8-6-13/h19H,3-9H2,1-2H3,(H2,14,16)(H,15,18). The largest absolute Gasteiger partial charge is 0.409 e. The van der Waals surface area contributed by atoms with Gasteiger partial charge in [-0.05, 0) is 39.7 Å². The van der Waals surface area contributed by atoms with Gasteiger partial charge in [-0.15, -0.1) is 0 Å². The summed E-state index contributed by atoms with van der Waals surface area (Å²) in [6.07, 6.45) is 2.83. The van der Waals surface area contributed by atoms with Crippen molar-refractivity contribution in [3.8, 4) is 0 Å². The molecule has 1 atom stereocenters. The molecule has 0 radical (unpaired) electrons. The number of likely N-dealkylation sites (tertiary alicyclic amines) is 1. The molecule has 1 amide bonds. The summed E-state index contributed by atoms with van der Waals surface area (Å²) in [5.74, 6) is -0.105. The number of hydrogen-bond donors (Lipinski definition) is 3. The maximum Gasteiger partial charge on any atom is 0.252 e.